The molecule has 3 aromatic carbocycles. The third kappa shape index (κ3) is 6.81. The van der Waals surface area contributed by atoms with Crippen LogP contribution in [0.1, 0.15) is 16.7 Å². The maximum Gasteiger partial charge on any atom is 0.264 e. The number of anilines is 1. The van der Waals surface area contributed by atoms with Gasteiger partial charge in [0.1, 0.15) is 6.54 Å². The van der Waals surface area contributed by atoms with E-state index in [1.807, 2.05) is 50.2 Å². The van der Waals surface area contributed by atoms with Gasteiger partial charge in [0.05, 0.1) is 23.8 Å². The number of amides is 1. The van der Waals surface area contributed by atoms with Gasteiger partial charge in [0.25, 0.3) is 10.0 Å². The number of benzene rings is 3. The Morgan fingerprint density at radius 1 is 0.970 bits per heavy atom. The molecule has 0 saturated heterocycles. The SMILES string of the molecule is Cc1ccc(N(CC(=O)NCCOCc2ccccc2)S(=O)(=O)c2ccc(Cl)cc2)cc1C. The standard InChI is InChI=1S/C25H27ClN2O4S/c1-19-8-11-23(16-20(19)2)28(33(30,31)24-12-9-22(26)10-13-24)17-25(29)27-14-15-32-18-21-6-4-3-5-7-21/h3-13,16H,14-15,17-18H2,1-2H3,(H,27,29). The summed E-state index contributed by atoms with van der Waals surface area (Å²) in [5.41, 5.74) is 3.42. The van der Waals surface area contributed by atoms with Crippen molar-refractivity contribution in [1.29, 1.82) is 0 Å². The number of sulfonamides is 1. The van der Waals surface area contributed by atoms with Gasteiger partial charge >= 0.3 is 0 Å². The van der Waals surface area contributed by atoms with Gasteiger partial charge in [-0.1, -0.05) is 48.0 Å². The highest BCUT2D eigenvalue weighted by atomic mass is 35.5. The van der Waals surface area contributed by atoms with Gasteiger partial charge in [0.15, 0.2) is 0 Å². The predicted octanol–water partition coefficient (Wildman–Crippen LogP) is 4.49. The molecule has 33 heavy (non-hydrogen) atoms. The van der Waals surface area contributed by atoms with Crippen molar-refractivity contribution in [2.24, 2.45) is 0 Å². The maximum absolute atomic E-state index is 13.4. The highest BCUT2D eigenvalue weighted by Crippen LogP contribution is 2.26. The first-order valence-corrected chi connectivity index (χ1v) is 12.3. The van der Waals surface area contributed by atoms with E-state index in [4.69, 9.17) is 16.3 Å². The first-order valence-electron chi connectivity index (χ1n) is 10.5. The monoisotopic (exact) mass is 486 g/mol. The second-order valence-corrected chi connectivity index (χ2v) is 9.92. The van der Waals surface area contributed by atoms with Crippen LogP contribution in [0, 0.1) is 13.8 Å². The lowest BCUT2D eigenvalue weighted by Gasteiger charge is -2.25. The summed E-state index contributed by atoms with van der Waals surface area (Å²) in [6, 6.07) is 20.9. The molecule has 0 fully saturated rings. The van der Waals surface area contributed by atoms with E-state index in [2.05, 4.69) is 5.32 Å². The quantitative estimate of drug-likeness (QED) is 0.428. The van der Waals surface area contributed by atoms with Crippen LogP contribution in [0.3, 0.4) is 0 Å². The van der Waals surface area contributed by atoms with Crippen LogP contribution >= 0.6 is 11.6 Å². The molecule has 3 aromatic rings. The topological polar surface area (TPSA) is 75.7 Å². The van der Waals surface area contributed by atoms with Crippen molar-refractivity contribution in [3.63, 3.8) is 0 Å². The molecule has 0 spiro atoms. The average Bonchev–Trinajstić information content (AvgIpc) is 2.80. The number of hydrogen-bond acceptors (Lipinski definition) is 4. The third-order valence-electron chi connectivity index (χ3n) is 5.15. The number of nitrogens with one attached hydrogen (secondary N) is 1. The Labute approximate surface area is 200 Å². The second kappa shape index (κ2) is 11.3. The summed E-state index contributed by atoms with van der Waals surface area (Å²) in [6.45, 7) is 4.51. The van der Waals surface area contributed by atoms with Crippen LogP contribution in [0.2, 0.25) is 5.02 Å². The normalized spacial score (nSPS) is 11.2. The van der Waals surface area contributed by atoms with Gasteiger partial charge in [-0.2, -0.15) is 0 Å². The van der Waals surface area contributed by atoms with E-state index < -0.39 is 15.9 Å². The van der Waals surface area contributed by atoms with E-state index in [-0.39, 0.29) is 18.0 Å². The molecular formula is C25H27ClN2O4S. The third-order valence-corrected chi connectivity index (χ3v) is 7.19. The summed E-state index contributed by atoms with van der Waals surface area (Å²) in [5, 5.41) is 3.17. The summed E-state index contributed by atoms with van der Waals surface area (Å²) in [7, 11) is -3.98. The zero-order chi connectivity index (χ0) is 23.8. The molecule has 1 N–H and O–H groups in total. The zero-order valence-electron chi connectivity index (χ0n) is 18.6. The minimum Gasteiger partial charge on any atom is -0.375 e. The molecule has 6 nitrogen and oxygen atoms in total. The molecule has 0 saturated carbocycles. The van der Waals surface area contributed by atoms with Gasteiger partial charge < -0.3 is 10.1 Å². The Balaban J connectivity index is 1.69. The minimum atomic E-state index is -3.98. The Kier molecular flexibility index (Phi) is 8.49. The summed E-state index contributed by atoms with van der Waals surface area (Å²) in [6.07, 6.45) is 0. The smallest absolute Gasteiger partial charge is 0.264 e. The molecule has 0 aromatic heterocycles. The van der Waals surface area contributed by atoms with Crippen LogP contribution in [0.25, 0.3) is 0 Å². The molecular weight excluding hydrogens is 460 g/mol. The van der Waals surface area contributed by atoms with Crippen molar-refractivity contribution < 1.29 is 17.9 Å². The number of nitrogens with zero attached hydrogens (tertiary/aromatic N) is 1. The van der Waals surface area contributed by atoms with E-state index >= 15 is 0 Å². The fourth-order valence-electron chi connectivity index (χ4n) is 3.14. The minimum absolute atomic E-state index is 0.0594. The number of hydrogen-bond donors (Lipinski definition) is 1. The van der Waals surface area contributed by atoms with Gasteiger partial charge in [-0.15, -0.1) is 0 Å². The zero-order valence-corrected chi connectivity index (χ0v) is 20.2. The second-order valence-electron chi connectivity index (χ2n) is 7.62. The van der Waals surface area contributed by atoms with Gasteiger partial charge in [0, 0.05) is 11.6 Å². The van der Waals surface area contributed by atoms with E-state index in [0.29, 0.717) is 23.9 Å². The fourth-order valence-corrected chi connectivity index (χ4v) is 4.68. The number of carbonyl (C=O) groups excluding carboxylic acids is 1. The van der Waals surface area contributed by atoms with Crippen molar-refractivity contribution in [1.82, 2.24) is 5.32 Å². The van der Waals surface area contributed by atoms with E-state index in [0.717, 1.165) is 21.0 Å². The Morgan fingerprint density at radius 3 is 2.33 bits per heavy atom. The van der Waals surface area contributed by atoms with Crippen LogP contribution in [-0.4, -0.2) is 34.0 Å². The highest BCUT2D eigenvalue weighted by molar-refractivity contribution is 7.92. The van der Waals surface area contributed by atoms with Crippen molar-refractivity contribution in [3.8, 4) is 0 Å². The Bertz CT molecular complexity index is 1180. The lowest BCUT2D eigenvalue weighted by atomic mass is 10.1. The van der Waals surface area contributed by atoms with Crippen LogP contribution in [0.5, 0.6) is 0 Å². The summed E-state index contributed by atoms with van der Waals surface area (Å²) >= 11 is 5.92. The molecule has 0 radical (unpaired) electrons. The molecule has 0 atom stereocenters. The molecule has 3 rings (SSSR count). The van der Waals surface area contributed by atoms with E-state index in [9.17, 15) is 13.2 Å². The van der Waals surface area contributed by atoms with Crippen molar-refractivity contribution in [3.05, 3.63) is 94.5 Å². The highest BCUT2D eigenvalue weighted by Gasteiger charge is 2.27. The molecule has 8 heteroatoms. The first kappa shape index (κ1) is 24.8. The molecule has 0 heterocycles. The van der Waals surface area contributed by atoms with Crippen molar-refractivity contribution in [2.45, 2.75) is 25.3 Å². The van der Waals surface area contributed by atoms with Gasteiger partial charge in [0.2, 0.25) is 5.91 Å². The Morgan fingerprint density at radius 2 is 1.67 bits per heavy atom. The molecule has 0 unspecified atom stereocenters. The molecule has 174 valence electrons. The number of carbonyl (C=O) groups is 1. The number of halogens is 1. The molecule has 0 aliphatic heterocycles. The summed E-state index contributed by atoms with van der Waals surface area (Å²) in [5.74, 6) is -0.422. The average molecular weight is 487 g/mol. The lowest BCUT2D eigenvalue weighted by Crippen LogP contribution is -2.41. The van der Waals surface area contributed by atoms with E-state index in [1.165, 1.54) is 24.3 Å². The van der Waals surface area contributed by atoms with Gasteiger partial charge in [-0.3, -0.25) is 9.10 Å². The van der Waals surface area contributed by atoms with Crippen molar-refractivity contribution in [2.75, 3.05) is 24.0 Å². The van der Waals surface area contributed by atoms with E-state index in [1.54, 1.807) is 12.1 Å². The molecule has 0 aliphatic carbocycles. The van der Waals surface area contributed by atoms with Crippen molar-refractivity contribution >= 4 is 33.2 Å². The predicted molar refractivity (Wildman–Crippen MR) is 131 cm³/mol. The van der Waals surface area contributed by atoms with Gasteiger partial charge in [-0.25, -0.2) is 8.42 Å². The number of ether oxygens (including phenoxy) is 1. The summed E-state index contributed by atoms with van der Waals surface area (Å²) in [4.78, 5) is 12.7. The fraction of sp³-hybridized carbons (Fsp3) is 0.240. The van der Waals surface area contributed by atoms with Crippen LogP contribution in [0.4, 0.5) is 5.69 Å². The molecule has 0 aliphatic rings. The van der Waals surface area contributed by atoms with Crippen LogP contribution < -0.4 is 9.62 Å². The largest absolute Gasteiger partial charge is 0.375 e. The van der Waals surface area contributed by atoms with Gasteiger partial charge in [-0.05, 0) is 66.9 Å². The lowest BCUT2D eigenvalue weighted by molar-refractivity contribution is -0.119. The molecule has 1 amide bonds. The first-order chi connectivity index (χ1) is 15.8. The number of rotatable bonds is 10. The molecule has 0 bridgehead atoms. The van der Waals surface area contributed by atoms with Crippen LogP contribution in [-0.2, 0) is 26.2 Å². The summed E-state index contributed by atoms with van der Waals surface area (Å²) < 4.78 is 33.5. The van der Waals surface area contributed by atoms with Crippen LogP contribution in [0.15, 0.2) is 77.7 Å². The number of aryl methyl sites for hydroxylation is 2. The maximum atomic E-state index is 13.4. The Hall–Kier alpha value is -2.87.